The molecule has 0 bridgehead atoms. The number of carbonyl (C=O) groups excluding carboxylic acids is 1. The fraction of sp³-hybridized carbons (Fsp3) is 0.581. The van der Waals surface area contributed by atoms with E-state index in [9.17, 15) is 9.90 Å². The third-order valence-electron chi connectivity index (χ3n) is 9.81. The van der Waals surface area contributed by atoms with Crippen LogP contribution in [0.5, 0.6) is 5.75 Å². The first-order chi connectivity index (χ1) is 17.5. The topological polar surface area (TPSA) is 67.8 Å². The van der Waals surface area contributed by atoms with E-state index < -0.39 is 6.10 Å². The van der Waals surface area contributed by atoms with Gasteiger partial charge < -0.3 is 19.9 Å². The monoisotopic (exact) mass is 489 g/mol. The molecule has 0 aromatic heterocycles. The summed E-state index contributed by atoms with van der Waals surface area (Å²) >= 11 is 0. The van der Waals surface area contributed by atoms with E-state index in [1.165, 1.54) is 16.7 Å². The lowest BCUT2D eigenvalue weighted by molar-refractivity contribution is -0.130. The molecule has 1 saturated heterocycles. The first kappa shape index (κ1) is 24.0. The van der Waals surface area contributed by atoms with Gasteiger partial charge in [0.1, 0.15) is 12.4 Å². The summed E-state index contributed by atoms with van der Waals surface area (Å²) in [6.07, 6.45) is 6.65. The summed E-state index contributed by atoms with van der Waals surface area (Å²) in [5, 5.41) is 14.5. The van der Waals surface area contributed by atoms with Gasteiger partial charge >= 0.3 is 0 Å². The molecule has 7 atom stereocenters. The summed E-state index contributed by atoms with van der Waals surface area (Å²) in [5.41, 5.74) is 3.87. The molecule has 192 valence electrons. The van der Waals surface area contributed by atoms with Crippen LogP contribution in [0.2, 0.25) is 0 Å². The molecule has 2 aromatic carbocycles. The SMILES string of the molecule is C[C@]12CCC3c4ccc(OCc5ccccc5)cc4CCC3C1CC(C(=O)NCC1CCCO1)[C@@H]2O. The molecule has 1 aliphatic heterocycles. The largest absolute Gasteiger partial charge is 0.489 e. The van der Waals surface area contributed by atoms with E-state index in [-0.39, 0.29) is 23.3 Å². The molecular formula is C31H39NO4. The Bertz CT molecular complexity index is 1080. The molecule has 5 nitrogen and oxygen atoms in total. The Balaban J connectivity index is 1.14. The number of aliphatic hydroxyl groups is 1. The van der Waals surface area contributed by atoms with Crippen LogP contribution in [0.15, 0.2) is 48.5 Å². The van der Waals surface area contributed by atoms with Gasteiger partial charge in [0.25, 0.3) is 0 Å². The number of hydrogen-bond acceptors (Lipinski definition) is 4. The van der Waals surface area contributed by atoms with Crippen LogP contribution < -0.4 is 10.1 Å². The lowest BCUT2D eigenvalue weighted by atomic mass is 9.55. The van der Waals surface area contributed by atoms with E-state index in [1.807, 2.05) is 18.2 Å². The van der Waals surface area contributed by atoms with Crippen molar-refractivity contribution in [2.24, 2.45) is 23.2 Å². The molecule has 0 radical (unpaired) electrons. The van der Waals surface area contributed by atoms with E-state index in [2.05, 4.69) is 42.6 Å². The van der Waals surface area contributed by atoms with Crippen molar-refractivity contribution in [2.45, 2.75) is 76.6 Å². The lowest BCUT2D eigenvalue weighted by Crippen LogP contribution is -2.46. The maximum atomic E-state index is 13.1. The average Bonchev–Trinajstić information content (AvgIpc) is 3.52. The van der Waals surface area contributed by atoms with Crippen LogP contribution in [0.4, 0.5) is 0 Å². The van der Waals surface area contributed by atoms with Gasteiger partial charge in [-0.25, -0.2) is 0 Å². The summed E-state index contributed by atoms with van der Waals surface area (Å²) < 4.78 is 11.8. The Labute approximate surface area is 214 Å². The van der Waals surface area contributed by atoms with Gasteiger partial charge in [-0.15, -0.1) is 0 Å². The number of aryl methyl sites for hydroxylation is 1. The van der Waals surface area contributed by atoms with Gasteiger partial charge in [-0.2, -0.15) is 0 Å². The minimum absolute atomic E-state index is 0.0154. The van der Waals surface area contributed by atoms with Crippen LogP contribution in [-0.2, 0) is 22.6 Å². The van der Waals surface area contributed by atoms with Gasteiger partial charge in [0.05, 0.1) is 18.1 Å². The summed E-state index contributed by atoms with van der Waals surface area (Å²) in [6.45, 7) is 4.18. The molecule has 3 aliphatic carbocycles. The molecular weight excluding hydrogens is 450 g/mol. The fourth-order valence-corrected chi connectivity index (χ4v) is 7.81. The second-order valence-corrected chi connectivity index (χ2v) is 11.8. The Morgan fingerprint density at radius 2 is 2.03 bits per heavy atom. The number of nitrogens with one attached hydrogen (secondary N) is 1. The third-order valence-corrected chi connectivity index (χ3v) is 9.81. The minimum atomic E-state index is -0.567. The molecule has 3 fully saturated rings. The van der Waals surface area contributed by atoms with Crippen LogP contribution in [-0.4, -0.2) is 36.4 Å². The number of aliphatic hydroxyl groups excluding tert-OH is 1. The van der Waals surface area contributed by atoms with Gasteiger partial charge in [-0.1, -0.05) is 43.3 Å². The van der Waals surface area contributed by atoms with E-state index in [4.69, 9.17) is 9.47 Å². The quantitative estimate of drug-likeness (QED) is 0.599. The Morgan fingerprint density at radius 1 is 1.17 bits per heavy atom. The molecule has 4 aliphatic rings. The zero-order valence-electron chi connectivity index (χ0n) is 21.3. The molecule has 5 heteroatoms. The maximum absolute atomic E-state index is 13.1. The van der Waals surface area contributed by atoms with Gasteiger partial charge in [0, 0.05) is 13.2 Å². The number of carbonyl (C=O) groups is 1. The molecule has 2 saturated carbocycles. The lowest BCUT2D eigenvalue weighted by Gasteiger charge is -2.50. The standard InChI is InChI=1S/C31H39NO4/c1-31-14-13-25-24-12-10-22(36-19-20-6-3-2-4-7-20)16-21(24)9-11-26(25)28(31)17-27(29(31)33)30(34)32-18-23-8-5-15-35-23/h2-4,6-7,10,12,16,23,25-29,33H,5,8-9,11,13-15,17-19H2,1H3,(H,32,34)/t23?,25?,26?,27?,28?,29-,31-/m0/s1. The van der Waals surface area contributed by atoms with Crippen molar-refractivity contribution in [3.63, 3.8) is 0 Å². The summed E-state index contributed by atoms with van der Waals surface area (Å²) in [6, 6.07) is 16.9. The van der Waals surface area contributed by atoms with Crippen LogP contribution in [0, 0.1) is 23.2 Å². The first-order valence-electron chi connectivity index (χ1n) is 13.9. The van der Waals surface area contributed by atoms with Crippen molar-refractivity contribution in [3.05, 3.63) is 65.2 Å². The zero-order chi connectivity index (χ0) is 24.7. The maximum Gasteiger partial charge on any atom is 0.225 e. The Hall–Kier alpha value is -2.37. The highest BCUT2D eigenvalue weighted by Crippen LogP contribution is 2.62. The predicted molar refractivity (Wildman–Crippen MR) is 139 cm³/mol. The van der Waals surface area contributed by atoms with Crippen LogP contribution in [0.1, 0.15) is 68.1 Å². The first-order valence-corrected chi connectivity index (χ1v) is 13.9. The van der Waals surface area contributed by atoms with E-state index >= 15 is 0 Å². The number of hydrogen-bond donors (Lipinski definition) is 2. The van der Waals surface area contributed by atoms with Crippen molar-refractivity contribution in [2.75, 3.05) is 13.2 Å². The predicted octanol–water partition coefficient (Wildman–Crippen LogP) is 5.00. The van der Waals surface area contributed by atoms with Crippen molar-refractivity contribution < 1.29 is 19.4 Å². The van der Waals surface area contributed by atoms with Crippen molar-refractivity contribution in [3.8, 4) is 5.75 Å². The molecule has 2 N–H and O–H groups in total. The van der Waals surface area contributed by atoms with Gasteiger partial charge in [-0.3, -0.25) is 4.79 Å². The number of fused-ring (bicyclic) bond motifs is 5. The number of amides is 1. The van der Waals surface area contributed by atoms with E-state index in [0.717, 1.165) is 57.3 Å². The van der Waals surface area contributed by atoms with Crippen LogP contribution in [0.25, 0.3) is 0 Å². The normalized spacial score (nSPS) is 34.9. The highest BCUT2D eigenvalue weighted by Gasteiger charge is 2.59. The van der Waals surface area contributed by atoms with Gasteiger partial charge in [0.2, 0.25) is 5.91 Å². The molecule has 1 amide bonds. The third kappa shape index (κ3) is 4.35. The Kier molecular flexibility index (Phi) is 6.55. The van der Waals surface area contributed by atoms with Gasteiger partial charge in [0.15, 0.2) is 0 Å². The van der Waals surface area contributed by atoms with E-state index in [1.54, 1.807) is 0 Å². The van der Waals surface area contributed by atoms with Crippen LogP contribution >= 0.6 is 0 Å². The van der Waals surface area contributed by atoms with Crippen molar-refractivity contribution in [1.82, 2.24) is 5.32 Å². The van der Waals surface area contributed by atoms with E-state index in [0.29, 0.717) is 30.9 Å². The molecule has 0 spiro atoms. The summed E-state index contributed by atoms with van der Waals surface area (Å²) in [4.78, 5) is 13.1. The molecule has 36 heavy (non-hydrogen) atoms. The number of benzene rings is 2. The number of ether oxygens (including phenoxy) is 2. The number of rotatable bonds is 6. The molecule has 1 heterocycles. The summed E-state index contributed by atoms with van der Waals surface area (Å²) in [7, 11) is 0. The Morgan fingerprint density at radius 3 is 2.83 bits per heavy atom. The zero-order valence-corrected chi connectivity index (χ0v) is 21.3. The molecule has 2 aromatic rings. The second-order valence-electron chi connectivity index (χ2n) is 11.8. The fourth-order valence-electron chi connectivity index (χ4n) is 7.81. The molecule has 5 unspecified atom stereocenters. The van der Waals surface area contributed by atoms with Crippen molar-refractivity contribution in [1.29, 1.82) is 0 Å². The summed E-state index contributed by atoms with van der Waals surface area (Å²) in [5.74, 6) is 2.06. The highest BCUT2D eigenvalue weighted by atomic mass is 16.5. The van der Waals surface area contributed by atoms with Gasteiger partial charge in [-0.05, 0) is 96.9 Å². The molecule has 6 rings (SSSR count). The van der Waals surface area contributed by atoms with Crippen LogP contribution in [0.3, 0.4) is 0 Å². The second kappa shape index (κ2) is 9.83. The smallest absolute Gasteiger partial charge is 0.225 e. The highest BCUT2D eigenvalue weighted by molar-refractivity contribution is 5.80. The average molecular weight is 490 g/mol. The minimum Gasteiger partial charge on any atom is -0.489 e. The van der Waals surface area contributed by atoms with Crippen molar-refractivity contribution >= 4 is 5.91 Å².